The monoisotopic (exact) mass is 230 g/mol. The number of carbonyl (C=O) groups excluding carboxylic acids is 1. The lowest BCUT2D eigenvalue weighted by atomic mass is 10.0. The fraction of sp³-hybridized carbons (Fsp3) is 0.214. The van der Waals surface area contributed by atoms with Gasteiger partial charge in [0.25, 0.3) is 0 Å². The van der Waals surface area contributed by atoms with E-state index in [2.05, 4.69) is 31.2 Å². The van der Waals surface area contributed by atoms with Crippen LogP contribution in [0.4, 0.5) is 0 Å². The molecule has 0 saturated carbocycles. The third-order valence-corrected chi connectivity index (χ3v) is 3.42. The van der Waals surface area contributed by atoms with Crippen molar-refractivity contribution in [2.24, 2.45) is 0 Å². The SMILES string of the molecule is CCCc1ccc(-c2csc(C=O)c2)cc1. The maximum Gasteiger partial charge on any atom is 0.160 e. The van der Waals surface area contributed by atoms with Crippen molar-refractivity contribution in [3.05, 3.63) is 46.2 Å². The van der Waals surface area contributed by atoms with Gasteiger partial charge in [0.1, 0.15) is 0 Å². The number of hydrogen-bond donors (Lipinski definition) is 0. The van der Waals surface area contributed by atoms with Crippen LogP contribution in [-0.4, -0.2) is 6.29 Å². The minimum Gasteiger partial charge on any atom is -0.297 e. The first-order chi connectivity index (χ1) is 7.83. The zero-order chi connectivity index (χ0) is 11.4. The Balaban J connectivity index is 2.23. The molecule has 0 unspecified atom stereocenters. The Morgan fingerprint density at radius 1 is 1.19 bits per heavy atom. The fourth-order valence-electron chi connectivity index (χ4n) is 1.72. The number of aldehydes is 1. The van der Waals surface area contributed by atoms with E-state index >= 15 is 0 Å². The summed E-state index contributed by atoms with van der Waals surface area (Å²) < 4.78 is 0. The summed E-state index contributed by atoms with van der Waals surface area (Å²) in [5.41, 5.74) is 3.69. The first-order valence-electron chi connectivity index (χ1n) is 5.46. The predicted octanol–water partition coefficient (Wildman–Crippen LogP) is 4.18. The minimum absolute atomic E-state index is 0.785. The van der Waals surface area contributed by atoms with E-state index in [0.29, 0.717) is 0 Å². The van der Waals surface area contributed by atoms with E-state index in [1.165, 1.54) is 28.9 Å². The van der Waals surface area contributed by atoms with Gasteiger partial charge in [0, 0.05) is 0 Å². The van der Waals surface area contributed by atoms with Crippen molar-refractivity contribution in [3.8, 4) is 11.1 Å². The van der Waals surface area contributed by atoms with Gasteiger partial charge in [-0.15, -0.1) is 11.3 Å². The maximum atomic E-state index is 10.6. The molecule has 1 aromatic heterocycles. The van der Waals surface area contributed by atoms with Crippen LogP contribution in [-0.2, 0) is 6.42 Å². The molecule has 0 fully saturated rings. The van der Waals surface area contributed by atoms with Crippen molar-refractivity contribution in [2.75, 3.05) is 0 Å². The average Bonchev–Trinajstić information content (AvgIpc) is 2.79. The molecule has 0 saturated heterocycles. The lowest BCUT2D eigenvalue weighted by molar-refractivity contribution is 0.112. The number of thiophene rings is 1. The van der Waals surface area contributed by atoms with Gasteiger partial charge in [0.05, 0.1) is 4.88 Å². The van der Waals surface area contributed by atoms with Crippen LogP contribution in [0.25, 0.3) is 11.1 Å². The predicted molar refractivity (Wildman–Crippen MR) is 69.1 cm³/mol. The topological polar surface area (TPSA) is 17.1 Å². The summed E-state index contributed by atoms with van der Waals surface area (Å²) in [6, 6.07) is 10.5. The molecular formula is C14H14OS. The van der Waals surface area contributed by atoms with Crippen molar-refractivity contribution >= 4 is 17.6 Å². The Kier molecular flexibility index (Phi) is 3.52. The van der Waals surface area contributed by atoms with E-state index in [4.69, 9.17) is 0 Å². The van der Waals surface area contributed by atoms with Gasteiger partial charge in [0.2, 0.25) is 0 Å². The van der Waals surface area contributed by atoms with Crippen LogP contribution >= 0.6 is 11.3 Å². The van der Waals surface area contributed by atoms with Gasteiger partial charge in [0.15, 0.2) is 6.29 Å². The summed E-state index contributed by atoms with van der Waals surface area (Å²) >= 11 is 1.49. The number of carbonyl (C=O) groups is 1. The highest BCUT2D eigenvalue weighted by Crippen LogP contribution is 2.25. The molecule has 0 aliphatic rings. The highest BCUT2D eigenvalue weighted by atomic mass is 32.1. The number of hydrogen-bond acceptors (Lipinski definition) is 2. The standard InChI is InChI=1S/C14H14OS/c1-2-3-11-4-6-12(7-5-11)13-8-14(9-15)16-10-13/h4-10H,2-3H2,1H3. The average molecular weight is 230 g/mol. The first-order valence-corrected chi connectivity index (χ1v) is 6.34. The second-order valence-corrected chi connectivity index (χ2v) is 4.75. The molecule has 2 heteroatoms. The number of benzene rings is 1. The number of rotatable bonds is 4. The number of aryl methyl sites for hydroxylation is 1. The molecule has 0 N–H and O–H groups in total. The van der Waals surface area contributed by atoms with Crippen LogP contribution in [0.1, 0.15) is 28.6 Å². The Labute approximate surface area is 99.8 Å². The molecule has 82 valence electrons. The van der Waals surface area contributed by atoms with Gasteiger partial charge in [-0.1, -0.05) is 37.6 Å². The van der Waals surface area contributed by atoms with Gasteiger partial charge in [-0.25, -0.2) is 0 Å². The normalized spacial score (nSPS) is 10.3. The van der Waals surface area contributed by atoms with Crippen molar-refractivity contribution in [1.29, 1.82) is 0 Å². The molecule has 1 aromatic carbocycles. The van der Waals surface area contributed by atoms with Crippen LogP contribution in [0, 0.1) is 0 Å². The van der Waals surface area contributed by atoms with Crippen LogP contribution in [0.2, 0.25) is 0 Å². The van der Waals surface area contributed by atoms with Crippen molar-refractivity contribution in [1.82, 2.24) is 0 Å². The van der Waals surface area contributed by atoms with Crippen molar-refractivity contribution < 1.29 is 4.79 Å². The Hall–Kier alpha value is -1.41. The zero-order valence-electron chi connectivity index (χ0n) is 9.27. The molecule has 1 heterocycles. The van der Waals surface area contributed by atoms with E-state index in [1.807, 2.05) is 11.4 Å². The minimum atomic E-state index is 0.785. The third-order valence-electron chi connectivity index (χ3n) is 2.56. The summed E-state index contributed by atoms with van der Waals surface area (Å²) in [6.07, 6.45) is 3.20. The summed E-state index contributed by atoms with van der Waals surface area (Å²) in [4.78, 5) is 11.4. The van der Waals surface area contributed by atoms with Gasteiger partial charge in [-0.05, 0) is 34.6 Å². The Morgan fingerprint density at radius 2 is 1.94 bits per heavy atom. The van der Waals surface area contributed by atoms with Gasteiger partial charge >= 0.3 is 0 Å². The Morgan fingerprint density at radius 3 is 2.50 bits per heavy atom. The second-order valence-electron chi connectivity index (χ2n) is 3.80. The van der Waals surface area contributed by atoms with E-state index in [-0.39, 0.29) is 0 Å². The van der Waals surface area contributed by atoms with Crippen LogP contribution in [0.15, 0.2) is 35.7 Å². The smallest absolute Gasteiger partial charge is 0.160 e. The summed E-state index contributed by atoms with van der Waals surface area (Å²) in [6.45, 7) is 2.18. The molecule has 2 rings (SSSR count). The van der Waals surface area contributed by atoms with E-state index in [0.717, 1.165) is 23.1 Å². The highest BCUT2D eigenvalue weighted by molar-refractivity contribution is 7.12. The molecule has 0 atom stereocenters. The van der Waals surface area contributed by atoms with Crippen LogP contribution in [0.3, 0.4) is 0 Å². The van der Waals surface area contributed by atoms with Gasteiger partial charge in [-0.3, -0.25) is 4.79 Å². The fourth-order valence-corrected chi connectivity index (χ4v) is 2.44. The van der Waals surface area contributed by atoms with Crippen LogP contribution < -0.4 is 0 Å². The molecule has 1 nitrogen and oxygen atoms in total. The largest absolute Gasteiger partial charge is 0.297 e. The summed E-state index contributed by atoms with van der Waals surface area (Å²) in [5, 5.41) is 2.03. The maximum absolute atomic E-state index is 10.6. The molecule has 2 aromatic rings. The van der Waals surface area contributed by atoms with E-state index in [9.17, 15) is 4.79 Å². The van der Waals surface area contributed by atoms with Gasteiger partial charge < -0.3 is 0 Å². The van der Waals surface area contributed by atoms with Crippen LogP contribution in [0.5, 0.6) is 0 Å². The van der Waals surface area contributed by atoms with Crippen molar-refractivity contribution in [3.63, 3.8) is 0 Å². The molecule has 0 radical (unpaired) electrons. The van der Waals surface area contributed by atoms with E-state index < -0.39 is 0 Å². The molecule has 0 amide bonds. The molecule has 16 heavy (non-hydrogen) atoms. The van der Waals surface area contributed by atoms with Gasteiger partial charge in [-0.2, -0.15) is 0 Å². The first kappa shape index (κ1) is 11.1. The highest BCUT2D eigenvalue weighted by Gasteiger charge is 2.01. The lowest BCUT2D eigenvalue weighted by Gasteiger charge is -2.01. The van der Waals surface area contributed by atoms with E-state index in [1.54, 1.807) is 0 Å². The molecule has 0 aliphatic heterocycles. The molecule has 0 bridgehead atoms. The second kappa shape index (κ2) is 5.08. The Bertz CT molecular complexity index is 468. The van der Waals surface area contributed by atoms with Crippen molar-refractivity contribution in [2.45, 2.75) is 19.8 Å². The molecular weight excluding hydrogens is 216 g/mol. The third kappa shape index (κ3) is 2.39. The zero-order valence-corrected chi connectivity index (χ0v) is 10.1. The molecule has 0 aliphatic carbocycles. The quantitative estimate of drug-likeness (QED) is 0.720. The lowest BCUT2D eigenvalue weighted by Crippen LogP contribution is -1.82. The summed E-state index contributed by atoms with van der Waals surface area (Å²) in [7, 11) is 0. The summed E-state index contributed by atoms with van der Waals surface area (Å²) in [5.74, 6) is 0. The molecule has 0 spiro atoms.